The first-order chi connectivity index (χ1) is 8.76. The fraction of sp³-hybridized carbons (Fsp3) is 0.714. The van der Waals surface area contributed by atoms with Gasteiger partial charge >= 0.3 is 0 Å². The number of rotatable bonds is 9. The van der Waals surface area contributed by atoms with Crippen molar-refractivity contribution in [2.24, 2.45) is 0 Å². The van der Waals surface area contributed by atoms with Gasteiger partial charge in [-0.25, -0.2) is 9.97 Å². The monoisotopic (exact) mass is 250 g/mol. The van der Waals surface area contributed by atoms with Crippen LogP contribution in [-0.2, 0) is 0 Å². The van der Waals surface area contributed by atoms with E-state index in [-0.39, 0.29) is 0 Å². The summed E-state index contributed by atoms with van der Waals surface area (Å²) in [4.78, 5) is 8.40. The van der Waals surface area contributed by atoms with Gasteiger partial charge in [-0.3, -0.25) is 0 Å². The number of hydrogen-bond donors (Lipinski definition) is 2. The standard InChI is InChI=1S/C14H26N4/c1-4-6-7-8-9-12(3)18-14-10-13(15-5-2)16-11-17-14/h10-12H,4-9H2,1-3H3,(H2,15,16,17,18). The molecule has 18 heavy (non-hydrogen) atoms. The number of nitrogens with one attached hydrogen (secondary N) is 2. The van der Waals surface area contributed by atoms with Crippen LogP contribution in [-0.4, -0.2) is 22.6 Å². The predicted octanol–water partition coefficient (Wildman–Crippen LogP) is 3.68. The molecule has 102 valence electrons. The topological polar surface area (TPSA) is 49.8 Å². The van der Waals surface area contributed by atoms with E-state index in [0.717, 1.165) is 18.2 Å². The third-order valence-electron chi connectivity index (χ3n) is 2.91. The lowest BCUT2D eigenvalue weighted by Gasteiger charge is -2.14. The van der Waals surface area contributed by atoms with Crippen molar-refractivity contribution >= 4 is 11.6 Å². The zero-order valence-electron chi connectivity index (χ0n) is 11.9. The zero-order valence-corrected chi connectivity index (χ0v) is 11.9. The van der Waals surface area contributed by atoms with Crippen LogP contribution in [0.4, 0.5) is 11.6 Å². The summed E-state index contributed by atoms with van der Waals surface area (Å²) in [5.74, 6) is 1.79. The van der Waals surface area contributed by atoms with Crippen molar-refractivity contribution in [3.8, 4) is 0 Å². The second-order valence-corrected chi connectivity index (χ2v) is 4.71. The molecule has 4 nitrogen and oxygen atoms in total. The lowest BCUT2D eigenvalue weighted by Crippen LogP contribution is -2.16. The Morgan fingerprint density at radius 2 is 1.89 bits per heavy atom. The van der Waals surface area contributed by atoms with Crippen LogP contribution in [0.1, 0.15) is 52.9 Å². The van der Waals surface area contributed by atoms with Crippen molar-refractivity contribution in [2.45, 2.75) is 58.9 Å². The second kappa shape index (κ2) is 8.72. The highest BCUT2D eigenvalue weighted by molar-refractivity contribution is 5.46. The smallest absolute Gasteiger partial charge is 0.131 e. The maximum atomic E-state index is 4.24. The lowest BCUT2D eigenvalue weighted by molar-refractivity contribution is 0.593. The Labute approximate surface area is 111 Å². The minimum absolute atomic E-state index is 0.464. The number of unbranched alkanes of at least 4 members (excludes halogenated alkanes) is 3. The van der Waals surface area contributed by atoms with Crippen LogP contribution >= 0.6 is 0 Å². The fourth-order valence-electron chi connectivity index (χ4n) is 1.92. The summed E-state index contributed by atoms with van der Waals surface area (Å²) in [6, 6.07) is 2.43. The first kappa shape index (κ1) is 14.7. The molecule has 0 saturated heterocycles. The number of nitrogens with zero attached hydrogens (tertiary/aromatic N) is 2. The number of hydrogen-bond acceptors (Lipinski definition) is 4. The highest BCUT2D eigenvalue weighted by Gasteiger charge is 2.03. The molecule has 0 aliphatic heterocycles. The van der Waals surface area contributed by atoms with E-state index in [9.17, 15) is 0 Å². The molecule has 1 unspecified atom stereocenters. The van der Waals surface area contributed by atoms with Gasteiger partial charge in [-0.15, -0.1) is 0 Å². The van der Waals surface area contributed by atoms with Crippen molar-refractivity contribution < 1.29 is 0 Å². The molecule has 0 spiro atoms. The van der Waals surface area contributed by atoms with Crippen molar-refractivity contribution in [3.63, 3.8) is 0 Å². The maximum Gasteiger partial charge on any atom is 0.131 e. The van der Waals surface area contributed by atoms with Gasteiger partial charge < -0.3 is 10.6 Å². The molecular formula is C14H26N4. The Morgan fingerprint density at radius 1 is 1.11 bits per heavy atom. The molecular weight excluding hydrogens is 224 g/mol. The Hall–Kier alpha value is -1.32. The van der Waals surface area contributed by atoms with Crippen LogP contribution in [0.15, 0.2) is 12.4 Å². The number of anilines is 2. The first-order valence-corrected chi connectivity index (χ1v) is 7.08. The molecule has 2 N–H and O–H groups in total. The average Bonchev–Trinajstić information content (AvgIpc) is 2.35. The van der Waals surface area contributed by atoms with E-state index in [4.69, 9.17) is 0 Å². The Kier molecular flexibility index (Phi) is 7.14. The van der Waals surface area contributed by atoms with Gasteiger partial charge in [-0.05, 0) is 20.3 Å². The lowest BCUT2D eigenvalue weighted by atomic mass is 10.1. The molecule has 0 aliphatic rings. The highest BCUT2D eigenvalue weighted by atomic mass is 15.1. The van der Waals surface area contributed by atoms with Gasteiger partial charge in [0.2, 0.25) is 0 Å². The molecule has 1 aromatic heterocycles. The minimum Gasteiger partial charge on any atom is -0.370 e. The quantitative estimate of drug-likeness (QED) is 0.656. The van der Waals surface area contributed by atoms with Gasteiger partial charge in [-0.1, -0.05) is 32.6 Å². The van der Waals surface area contributed by atoms with Gasteiger partial charge in [0.25, 0.3) is 0 Å². The molecule has 0 bridgehead atoms. The van der Waals surface area contributed by atoms with Gasteiger partial charge in [0.1, 0.15) is 18.0 Å². The average molecular weight is 250 g/mol. The Balaban J connectivity index is 2.34. The van der Waals surface area contributed by atoms with Crippen molar-refractivity contribution in [2.75, 3.05) is 17.2 Å². The predicted molar refractivity (Wildman–Crippen MR) is 78.0 cm³/mol. The fourth-order valence-corrected chi connectivity index (χ4v) is 1.92. The van der Waals surface area contributed by atoms with E-state index in [2.05, 4.69) is 41.4 Å². The van der Waals surface area contributed by atoms with Gasteiger partial charge in [0, 0.05) is 18.7 Å². The third-order valence-corrected chi connectivity index (χ3v) is 2.91. The Bertz CT molecular complexity index is 327. The SMILES string of the molecule is CCCCCCC(C)Nc1cc(NCC)ncn1. The van der Waals surface area contributed by atoms with E-state index < -0.39 is 0 Å². The molecule has 0 aromatic carbocycles. The molecule has 0 saturated carbocycles. The van der Waals surface area contributed by atoms with Gasteiger partial charge in [0.05, 0.1) is 0 Å². The van der Waals surface area contributed by atoms with Crippen LogP contribution in [0.25, 0.3) is 0 Å². The maximum absolute atomic E-state index is 4.24. The van der Waals surface area contributed by atoms with Crippen LogP contribution in [0, 0.1) is 0 Å². The summed E-state index contributed by atoms with van der Waals surface area (Å²) in [6.45, 7) is 7.39. The summed E-state index contributed by atoms with van der Waals surface area (Å²) in [5.41, 5.74) is 0. The second-order valence-electron chi connectivity index (χ2n) is 4.71. The Morgan fingerprint density at radius 3 is 2.61 bits per heavy atom. The van der Waals surface area contributed by atoms with Gasteiger partial charge in [0.15, 0.2) is 0 Å². The summed E-state index contributed by atoms with van der Waals surface area (Å²) < 4.78 is 0. The van der Waals surface area contributed by atoms with E-state index in [1.807, 2.05) is 6.07 Å². The van der Waals surface area contributed by atoms with E-state index in [0.29, 0.717) is 6.04 Å². The minimum atomic E-state index is 0.464. The molecule has 1 heterocycles. The van der Waals surface area contributed by atoms with E-state index >= 15 is 0 Å². The van der Waals surface area contributed by atoms with Gasteiger partial charge in [-0.2, -0.15) is 0 Å². The molecule has 1 atom stereocenters. The van der Waals surface area contributed by atoms with Crippen LogP contribution < -0.4 is 10.6 Å². The van der Waals surface area contributed by atoms with Crippen molar-refractivity contribution in [1.82, 2.24) is 9.97 Å². The zero-order chi connectivity index (χ0) is 13.2. The van der Waals surface area contributed by atoms with Crippen molar-refractivity contribution in [3.05, 3.63) is 12.4 Å². The summed E-state index contributed by atoms with van der Waals surface area (Å²) in [7, 11) is 0. The molecule has 0 radical (unpaired) electrons. The molecule has 0 fully saturated rings. The van der Waals surface area contributed by atoms with Crippen molar-refractivity contribution in [1.29, 1.82) is 0 Å². The molecule has 1 rings (SSSR count). The van der Waals surface area contributed by atoms with E-state index in [1.54, 1.807) is 6.33 Å². The highest BCUT2D eigenvalue weighted by Crippen LogP contribution is 2.12. The van der Waals surface area contributed by atoms with E-state index in [1.165, 1.54) is 32.1 Å². The summed E-state index contributed by atoms with van der Waals surface area (Å²) >= 11 is 0. The third kappa shape index (κ3) is 5.84. The molecule has 0 amide bonds. The summed E-state index contributed by atoms with van der Waals surface area (Å²) in [6.07, 6.45) is 8.04. The van der Waals surface area contributed by atoms with Crippen LogP contribution in [0.5, 0.6) is 0 Å². The molecule has 4 heteroatoms. The molecule has 0 aliphatic carbocycles. The van der Waals surface area contributed by atoms with Crippen LogP contribution in [0.3, 0.4) is 0 Å². The first-order valence-electron chi connectivity index (χ1n) is 7.08. The largest absolute Gasteiger partial charge is 0.370 e. The molecule has 1 aromatic rings. The van der Waals surface area contributed by atoms with Crippen LogP contribution in [0.2, 0.25) is 0 Å². The normalized spacial score (nSPS) is 12.2. The number of aromatic nitrogens is 2. The summed E-state index contributed by atoms with van der Waals surface area (Å²) in [5, 5.41) is 6.62.